The number of rotatable bonds is 8. The summed E-state index contributed by atoms with van der Waals surface area (Å²) in [4.78, 5) is 37.5. The summed E-state index contributed by atoms with van der Waals surface area (Å²) in [7, 11) is 0. The van der Waals surface area contributed by atoms with Crippen LogP contribution in [0.4, 0.5) is 4.79 Å². The number of ether oxygens (including phenoxy) is 1. The van der Waals surface area contributed by atoms with E-state index in [-0.39, 0.29) is 29.7 Å². The average molecular weight is 621 g/mol. The standard InChI is InChI=1S/C33H37ClN4O4S/c1-22-25(7-10-31(35-22)43-29-8-5-23(6-9-29)32(39)40)20-36-15-11-28(12-16-36)38-30(24-3-2-4-26(34)19-24)21-37(33(38)41)27-13-17-42-18-14-27/h2-10,19,27-28,30H,11-18,20-21H2,1H3,(H,39,40). The van der Waals surface area contributed by atoms with Gasteiger partial charge in [0.2, 0.25) is 0 Å². The Hall–Kier alpha value is -3.11. The van der Waals surface area contributed by atoms with Crippen LogP contribution in [0.1, 0.15) is 58.9 Å². The fourth-order valence-electron chi connectivity index (χ4n) is 6.50. The third-order valence-corrected chi connectivity index (χ3v) is 10.1. The number of carboxylic acid groups (broad SMARTS) is 1. The number of benzene rings is 2. The first-order valence-electron chi connectivity index (χ1n) is 15.0. The highest BCUT2D eigenvalue weighted by molar-refractivity contribution is 7.99. The van der Waals surface area contributed by atoms with Crippen molar-refractivity contribution in [2.75, 3.05) is 32.8 Å². The highest BCUT2D eigenvalue weighted by Gasteiger charge is 2.45. The zero-order chi connectivity index (χ0) is 29.9. The van der Waals surface area contributed by atoms with Gasteiger partial charge < -0.3 is 19.6 Å². The molecule has 1 atom stereocenters. The molecule has 0 aliphatic carbocycles. The second-order valence-electron chi connectivity index (χ2n) is 11.6. The summed E-state index contributed by atoms with van der Waals surface area (Å²) in [6.45, 7) is 6.82. The van der Waals surface area contributed by atoms with E-state index in [1.807, 2.05) is 43.3 Å². The molecule has 4 heterocycles. The minimum absolute atomic E-state index is 0.00224. The minimum atomic E-state index is -0.927. The summed E-state index contributed by atoms with van der Waals surface area (Å²) in [6, 6.07) is 19.6. The Kier molecular flexibility index (Phi) is 9.23. The quantitative estimate of drug-likeness (QED) is 0.307. The van der Waals surface area contributed by atoms with E-state index in [4.69, 9.17) is 26.4 Å². The van der Waals surface area contributed by atoms with Crippen LogP contribution in [0, 0.1) is 6.92 Å². The number of amides is 2. The summed E-state index contributed by atoms with van der Waals surface area (Å²) in [5, 5.41) is 10.7. The van der Waals surface area contributed by atoms with E-state index in [1.165, 1.54) is 17.3 Å². The molecule has 226 valence electrons. The van der Waals surface area contributed by atoms with Crippen LogP contribution in [0.3, 0.4) is 0 Å². The normalized spacial score (nSPS) is 20.6. The maximum Gasteiger partial charge on any atom is 0.335 e. The van der Waals surface area contributed by atoms with E-state index < -0.39 is 5.97 Å². The zero-order valence-electron chi connectivity index (χ0n) is 24.3. The predicted octanol–water partition coefficient (Wildman–Crippen LogP) is 6.52. The number of halogens is 1. The molecule has 1 N–H and O–H groups in total. The molecule has 3 fully saturated rings. The van der Waals surface area contributed by atoms with Gasteiger partial charge in [-0.2, -0.15) is 0 Å². The van der Waals surface area contributed by atoms with Crippen molar-refractivity contribution in [1.29, 1.82) is 0 Å². The molecule has 1 aromatic heterocycles. The first-order chi connectivity index (χ1) is 20.9. The summed E-state index contributed by atoms with van der Waals surface area (Å²) in [6.07, 6.45) is 3.64. The number of aryl methyl sites for hydroxylation is 1. The number of carboxylic acids is 1. The lowest BCUT2D eigenvalue weighted by molar-refractivity contribution is 0.0493. The van der Waals surface area contributed by atoms with Crippen LogP contribution in [0.5, 0.6) is 0 Å². The van der Waals surface area contributed by atoms with Gasteiger partial charge in [0.05, 0.1) is 11.6 Å². The first-order valence-corrected chi connectivity index (χ1v) is 16.2. The van der Waals surface area contributed by atoms with Crippen LogP contribution >= 0.6 is 23.4 Å². The van der Waals surface area contributed by atoms with Gasteiger partial charge in [-0.25, -0.2) is 14.6 Å². The number of aromatic carboxylic acids is 1. The summed E-state index contributed by atoms with van der Waals surface area (Å²) >= 11 is 7.91. The molecular formula is C33H37ClN4O4S. The SMILES string of the molecule is Cc1nc(Sc2ccc(C(=O)O)cc2)ccc1CN1CCC(N2C(=O)N(C3CCOCC3)CC2c2cccc(Cl)c2)CC1. The number of nitrogens with zero attached hydrogens (tertiary/aromatic N) is 4. The van der Waals surface area contributed by atoms with E-state index >= 15 is 0 Å². The molecule has 0 radical (unpaired) electrons. The van der Waals surface area contributed by atoms with E-state index in [1.54, 1.807) is 12.1 Å². The lowest BCUT2D eigenvalue weighted by atomic mass is 9.98. The van der Waals surface area contributed by atoms with Crippen molar-refractivity contribution in [3.05, 3.63) is 88.1 Å². The molecule has 8 nitrogen and oxygen atoms in total. The Labute approximate surface area is 262 Å². The molecule has 0 bridgehead atoms. The number of aromatic nitrogens is 1. The van der Waals surface area contributed by atoms with Gasteiger partial charge in [-0.1, -0.05) is 41.6 Å². The number of pyridine rings is 1. The molecule has 43 heavy (non-hydrogen) atoms. The second-order valence-corrected chi connectivity index (χ2v) is 13.1. The van der Waals surface area contributed by atoms with Crippen LogP contribution in [-0.2, 0) is 11.3 Å². The highest BCUT2D eigenvalue weighted by atomic mass is 35.5. The monoisotopic (exact) mass is 620 g/mol. The average Bonchev–Trinajstić information content (AvgIpc) is 3.36. The van der Waals surface area contributed by atoms with Gasteiger partial charge in [-0.05, 0) is 86.2 Å². The maximum atomic E-state index is 13.9. The third-order valence-electron chi connectivity index (χ3n) is 8.87. The number of carbonyl (C=O) groups excluding carboxylic acids is 1. The molecule has 3 aliphatic heterocycles. The molecule has 1 unspecified atom stereocenters. The Morgan fingerprint density at radius 3 is 2.44 bits per heavy atom. The molecular weight excluding hydrogens is 584 g/mol. The minimum Gasteiger partial charge on any atom is -0.478 e. The van der Waals surface area contributed by atoms with Crippen LogP contribution in [0.2, 0.25) is 5.02 Å². The number of carbonyl (C=O) groups is 2. The molecule has 6 rings (SSSR count). The molecule has 2 aromatic carbocycles. The van der Waals surface area contributed by atoms with Gasteiger partial charge in [0.15, 0.2) is 0 Å². The van der Waals surface area contributed by atoms with Crippen LogP contribution in [0.25, 0.3) is 0 Å². The number of hydrogen-bond acceptors (Lipinski definition) is 6. The Balaban J connectivity index is 1.09. The van der Waals surface area contributed by atoms with Crippen molar-refractivity contribution in [1.82, 2.24) is 19.7 Å². The van der Waals surface area contributed by atoms with E-state index in [0.29, 0.717) is 24.8 Å². The third kappa shape index (κ3) is 6.85. The number of hydrogen-bond donors (Lipinski definition) is 1. The lowest BCUT2D eigenvalue weighted by Crippen LogP contribution is -2.48. The fraction of sp³-hybridized carbons (Fsp3) is 0.424. The van der Waals surface area contributed by atoms with Crippen molar-refractivity contribution in [2.45, 2.75) is 67.2 Å². The van der Waals surface area contributed by atoms with E-state index in [9.17, 15) is 9.59 Å². The van der Waals surface area contributed by atoms with Crippen molar-refractivity contribution < 1.29 is 19.4 Å². The number of likely N-dealkylation sites (tertiary alicyclic amines) is 1. The van der Waals surface area contributed by atoms with Crippen LogP contribution in [-0.4, -0.2) is 81.7 Å². The van der Waals surface area contributed by atoms with Crippen molar-refractivity contribution in [3.63, 3.8) is 0 Å². The molecule has 2 amide bonds. The summed E-state index contributed by atoms with van der Waals surface area (Å²) < 4.78 is 5.58. The van der Waals surface area contributed by atoms with Crippen LogP contribution in [0.15, 0.2) is 70.6 Å². The molecule has 0 saturated carbocycles. The van der Waals surface area contributed by atoms with Gasteiger partial charge in [0, 0.05) is 67.1 Å². The van der Waals surface area contributed by atoms with E-state index in [2.05, 4.69) is 26.8 Å². The molecule has 3 saturated heterocycles. The summed E-state index contributed by atoms with van der Waals surface area (Å²) in [5.41, 5.74) is 3.58. The van der Waals surface area contributed by atoms with Gasteiger partial charge in [-0.15, -0.1) is 0 Å². The molecule has 10 heteroatoms. The second kappa shape index (κ2) is 13.3. The van der Waals surface area contributed by atoms with Crippen molar-refractivity contribution >= 4 is 35.4 Å². The maximum absolute atomic E-state index is 13.9. The Morgan fingerprint density at radius 2 is 1.77 bits per heavy atom. The van der Waals surface area contributed by atoms with Crippen LogP contribution < -0.4 is 0 Å². The van der Waals surface area contributed by atoms with Gasteiger partial charge in [0.1, 0.15) is 5.03 Å². The molecule has 0 spiro atoms. The largest absolute Gasteiger partial charge is 0.478 e. The van der Waals surface area contributed by atoms with Crippen molar-refractivity contribution in [2.24, 2.45) is 0 Å². The molecule has 3 aromatic rings. The Bertz CT molecular complexity index is 1460. The topological polar surface area (TPSA) is 86.2 Å². The van der Waals surface area contributed by atoms with Gasteiger partial charge in [0.25, 0.3) is 0 Å². The fourth-order valence-corrected chi connectivity index (χ4v) is 7.53. The van der Waals surface area contributed by atoms with Crippen molar-refractivity contribution in [3.8, 4) is 0 Å². The summed E-state index contributed by atoms with van der Waals surface area (Å²) in [5.74, 6) is -0.927. The predicted molar refractivity (Wildman–Crippen MR) is 167 cm³/mol. The Morgan fingerprint density at radius 1 is 1.02 bits per heavy atom. The number of piperidine rings is 1. The first kappa shape index (κ1) is 29.9. The smallest absolute Gasteiger partial charge is 0.335 e. The lowest BCUT2D eigenvalue weighted by Gasteiger charge is -2.39. The van der Waals surface area contributed by atoms with E-state index in [0.717, 1.165) is 66.5 Å². The zero-order valence-corrected chi connectivity index (χ0v) is 25.9. The highest BCUT2D eigenvalue weighted by Crippen LogP contribution is 2.38. The van der Waals surface area contributed by atoms with Gasteiger partial charge >= 0.3 is 12.0 Å². The van der Waals surface area contributed by atoms with Gasteiger partial charge in [-0.3, -0.25) is 4.90 Å². The molecule has 3 aliphatic rings. The number of urea groups is 1.